The average molecular weight is 434 g/mol. The molecule has 2 atom stereocenters. The maximum absolute atomic E-state index is 13.0. The molecule has 0 aliphatic heterocycles. The number of hydrogen-bond donors (Lipinski definition) is 2. The third kappa shape index (κ3) is 4.99. The molecular formula is C25H31N5O2. The van der Waals surface area contributed by atoms with E-state index in [9.17, 15) is 4.79 Å². The number of nitrogens with two attached hydrogens (primary N) is 1. The van der Waals surface area contributed by atoms with Crippen molar-refractivity contribution in [2.45, 2.75) is 57.8 Å². The molecule has 0 spiro atoms. The lowest BCUT2D eigenvalue weighted by Gasteiger charge is -2.22. The van der Waals surface area contributed by atoms with Crippen LogP contribution in [0.4, 0.5) is 5.82 Å². The molecule has 2 heterocycles. The number of benzene rings is 1. The van der Waals surface area contributed by atoms with Crippen LogP contribution in [0.25, 0.3) is 11.1 Å². The number of carbonyl (C=O) groups excluding carboxylic acids is 1. The van der Waals surface area contributed by atoms with Crippen LogP contribution in [0, 0.1) is 0 Å². The molecule has 1 aliphatic carbocycles. The molecule has 32 heavy (non-hydrogen) atoms. The molecule has 1 amide bonds. The number of nitrogens with one attached hydrogen (secondary N) is 1. The number of amides is 1. The summed E-state index contributed by atoms with van der Waals surface area (Å²) in [5, 5.41) is 7.31. The maximum Gasteiger partial charge on any atom is 0.255 e. The van der Waals surface area contributed by atoms with Crippen LogP contribution in [-0.2, 0) is 18.4 Å². The van der Waals surface area contributed by atoms with Crippen LogP contribution in [0.5, 0.6) is 0 Å². The van der Waals surface area contributed by atoms with Gasteiger partial charge in [-0.15, -0.1) is 0 Å². The summed E-state index contributed by atoms with van der Waals surface area (Å²) in [6, 6.07) is 10.3. The van der Waals surface area contributed by atoms with Crippen molar-refractivity contribution >= 4 is 11.7 Å². The van der Waals surface area contributed by atoms with E-state index >= 15 is 0 Å². The predicted octanol–water partition coefficient (Wildman–Crippen LogP) is 4.06. The fourth-order valence-corrected chi connectivity index (χ4v) is 4.12. The second kappa shape index (κ2) is 9.53. The van der Waals surface area contributed by atoms with Crippen LogP contribution in [0.2, 0.25) is 0 Å². The summed E-state index contributed by atoms with van der Waals surface area (Å²) < 4.78 is 7.90. The average Bonchev–Trinajstić information content (AvgIpc) is 3.41. The van der Waals surface area contributed by atoms with Crippen LogP contribution >= 0.6 is 0 Å². The molecule has 0 unspecified atom stereocenters. The van der Waals surface area contributed by atoms with Crippen LogP contribution in [-0.4, -0.2) is 32.8 Å². The predicted molar refractivity (Wildman–Crippen MR) is 125 cm³/mol. The molecule has 0 bridgehead atoms. The largest absolute Gasteiger partial charge is 0.383 e. The minimum Gasteiger partial charge on any atom is -0.383 e. The minimum atomic E-state index is -0.220. The summed E-state index contributed by atoms with van der Waals surface area (Å²) in [4.78, 5) is 17.2. The van der Waals surface area contributed by atoms with Gasteiger partial charge in [0.2, 0.25) is 0 Å². The van der Waals surface area contributed by atoms with Gasteiger partial charge >= 0.3 is 0 Å². The quantitative estimate of drug-likeness (QED) is 0.586. The third-order valence-electron chi connectivity index (χ3n) is 6.08. The zero-order valence-corrected chi connectivity index (χ0v) is 18.9. The Hall–Kier alpha value is -3.19. The Morgan fingerprint density at radius 1 is 1.22 bits per heavy atom. The number of ether oxygens (including phenoxy) is 1. The highest BCUT2D eigenvalue weighted by molar-refractivity contribution is 5.99. The first-order chi connectivity index (χ1) is 15.4. The van der Waals surface area contributed by atoms with Gasteiger partial charge in [-0.2, -0.15) is 5.10 Å². The molecule has 3 aromatic rings. The number of pyridine rings is 1. The van der Waals surface area contributed by atoms with E-state index in [-0.39, 0.29) is 23.9 Å². The molecule has 1 saturated carbocycles. The van der Waals surface area contributed by atoms with Gasteiger partial charge in [-0.1, -0.05) is 38.1 Å². The Labute approximate surface area is 189 Å². The van der Waals surface area contributed by atoms with Gasteiger partial charge in [0.15, 0.2) is 0 Å². The van der Waals surface area contributed by atoms with Crippen molar-refractivity contribution in [2.75, 3.05) is 5.73 Å². The molecule has 2 aromatic heterocycles. The van der Waals surface area contributed by atoms with Crippen LogP contribution in [0.15, 0.2) is 48.9 Å². The Morgan fingerprint density at radius 3 is 2.69 bits per heavy atom. The summed E-state index contributed by atoms with van der Waals surface area (Å²) in [6.07, 6.45) is 8.10. The number of nitrogens with zero attached hydrogens (tertiary/aromatic N) is 3. The second-order valence-electron chi connectivity index (χ2n) is 8.82. The number of anilines is 1. The Bertz CT molecular complexity index is 1070. The van der Waals surface area contributed by atoms with Crippen molar-refractivity contribution in [3.63, 3.8) is 0 Å². The Kier molecular flexibility index (Phi) is 6.55. The number of aromatic nitrogens is 3. The van der Waals surface area contributed by atoms with Crippen molar-refractivity contribution in [3.05, 3.63) is 65.6 Å². The number of carbonyl (C=O) groups is 1. The summed E-state index contributed by atoms with van der Waals surface area (Å²) in [5.74, 6) is 0.511. The number of rotatable bonds is 7. The van der Waals surface area contributed by atoms with Gasteiger partial charge in [0, 0.05) is 30.6 Å². The van der Waals surface area contributed by atoms with E-state index in [1.54, 1.807) is 23.1 Å². The zero-order chi connectivity index (χ0) is 22.7. The van der Waals surface area contributed by atoms with Crippen molar-refractivity contribution in [1.82, 2.24) is 20.1 Å². The summed E-state index contributed by atoms with van der Waals surface area (Å²) in [7, 11) is 1.85. The van der Waals surface area contributed by atoms with Gasteiger partial charge in [0.1, 0.15) is 5.82 Å². The molecule has 0 radical (unpaired) electrons. The number of aryl methyl sites for hydroxylation is 1. The highest BCUT2D eigenvalue weighted by Gasteiger charge is 2.30. The van der Waals surface area contributed by atoms with Crippen molar-refractivity contribution in [2.24, 2.45) is 7.05 Å². The van der Waals surface area contributed by atoms with E-state index < -0.39 is 0 Å². The number of hydrogen-bond acceptors (Lipinski definition) is 5. The first-order valence-corrected chi connectivity index (χ1v) is 11.2. The van der Waals surface area contributed by atoms with Crippen LogP contribution < -0.4 is 11.1 Å². The number of nitrogen functional groups attached to an aromatic ring is 1. The smallest absolute Gasteiger partial charge is 0.255 e. The minimum absolute atomic E-state index is 0.0144. The van der Waals surface area contributed by atoms with Gasteiger partial charge in [-0.05, 0) is 42.4 Å². The van der Waals surface area contributed by atoms with E-state index in [4.69, 9.17) is 10.5 Å². The molecule has 0 saturated heterocycles. The molecule has 168 valence electrons. The molecular weight excluding hydrogens is 402 g/mol. The van der Waals surface area contributed by atoms with Crippen LogP contribution in [0.1, 0.15) is 60.5 Å². The molecule has 7 nitrogen and oxygen atoms in total. The molecule has 3 N–H and O–H groups in total. The van der Waals surface area contributed by atoms with E-state index in [0.717, 1.165) is 36.0 Å². The van der Waals surface area contributed by atoms with Crippen LogP contribution in [0.3, 0.4) is 0 Å². The lowest BCUT2D eigenvalue weighted by molar-refractivity contribution is 0.0272. The van der Waals surface area contributed by atoms with E-state index in [2.05, 4.69) is 53.5 Å². The maximum atomic E-state index is 13.0. The summed E-state index contributed by atoms with van der Waals surface area (Å²) in [5.41, 5.74) is 10.6. The topological polar surface area (TPSA) is 95.1 Å². The summed E-state index contributed by atoms with van der Waals surface area (Å²) in [6.45, 7) is 4.91. The van der Waals surface area contributed by atoms with E-state index in [1.807, 2.05) is 13.2 Å². The SMILES string of the molecule is CC(C)c1ccc(CO[C@H]2CCC[C@@H]2NC(=O)c2cc(-c3cnn(C)c3)cnc2N)cc1. The highest BCUT2D eigenvalue weighted by Crippen LogP contribution is 2.26. The highest BCUT2D eigenvalue weighted by atomic mass is 16.5. The fourth-order valence-electron chi connectivity index (χ4n) is 4.12. The fraction of sp³-hybridized carbons (Fsp3) is 0.400. The lowest BCUT2D eigenvalue weighted by atomic mass is 10.0. The first kappa shape index (κ1) is 22.0. The second-order valence-corrected chi connectivity index (χ2v) is 8.82. The van der Waals surface area contributed by atoms with E-state index in [0.29, 0.717) is 18.1 Å². The first-order valence-electron chi connectivity index (χ1n) is 11.2. The Morgan fingerprint density at radius 2 is 2.00 bits per heavy atom. The monoisotopic (exact) mass is 433 g/mol. The van der Waals surface area contributed by atoms with Gasteiger partial charge in [0.25, 0.3) is 5.91 Å². The molecule has 7 heteroatoms. The van der Waals surface area contributed by atoms with Crippen molar-refractivity contribution in [1.29, 1.82) is 0 Å². The normalized spacial score (nSPS) is 18.2. The van der Waals surface area contributed by atoms with Gasteiger partial charge < -0.3 is 15.8 Å². The molecule has 1 aromatic carbocycles. The third-order valence-corrected chi connectivity index (χ3v) is 6.08. The van der Waals surface area contributed by atoms with Gasteiger partial charge in [-0.25, -0.2) is 4.98 Å². The van der Waals surface area contributed by atoms with Crippen molar-refractivity contribution in [3.8, 4) is 11.1 Å². The van der Waals surface area contributed by atoms with Gasteiger partial charge in [-0.3, -0.25) is 9.48 Å². The van der Waals surface area contributed by atoms with E-state index in [1.165, 1.54) is 5.56 Å². The molecule has 1 fully saturated rings. The Balaban J connectivity index is 1.40. The zero-order valence-electron chi connectivity index (χ0n) is 18.9. The molecule has 1 aliphatic rings. The standard InChI is InChI=1S/C25H31N5O2/c1-16(2)18-9-7-17(8-10-18)15-32-23-6-4-5-22(23)29-25(31)21-11-19(12-27-24(21)26)20-13-28-30(3)14-20/h7-14,16,22-23H,4-6,15H2,1-3H3,(H2,26,27)(H,29,31)/t22-,23-/m0/s1. The molecule has 4 rings (SSSR count). The lowest BCUT2D eigenvalue weighted by Crippen LogP contribution is -2.41. The van der Waals surface area contributed by atoms with Crippen molar-refractivity contribution < 1.29 is 9.53 Å². The van der Waals surface area contributed by atoms with Gasteiger partial charge in [0.05, 0.1) is 30.5 Å². The summed E-state index contributed by atoms with van der Waals surface area (Å²) >= 11 is 0.